The molecular formula is C11H18N2O2S. The maximum atomic E-state index is 11.4. The SMILES string of the molecule is CNC(c1cc[nH]c1)C1CCS(=O)(=O)CC1. The average molecular weight is 242 g/mol. The van der Waals surface area contributed by atoms with Gasteiger partial charge in [-0.05, 0) is 37.4 Å². The van der Waals surface area contributed by atoms with E-state index < -0.39 is 9.84 Å². The highest BCUT2D eigenvalue weighted by Crippen LogP contribution is 2.31. The van der Waals surface area contributed by atoms with Gasteiger partial charge in [-0.15, -0.1) is 0 Å². The summed E-state index contributed by atoms with van der Waals surface area (Å²) < 4.78 is 22.7. The van der Waals surface area contributed by atoms with Crippen LogP contribution in [0.5, 0.6) is 0 Å². The Morgan fingerprint density at radius 3 is 2.62 bits per heavy atom. The smallest absolute Gasteiger partial charge is 0.150 e. The largest absolute Gasteiger partial charge is 0.367 e. The summed E-state index contributed by atoms with van der Waals surface area (Å²) in [5.41, 5.74) is 1.21. The molecule has 4 nitrogen and oxygen atoms in total. The second kappa shape index (κ2) is 4.59. The first-order valence-electron chi connectivity index (χ1n) is 5.63. The summed E-state index contributed by atoms with van der Waals surface area (Å²) in [6.07, 6.45) is 5.40. The predicted molar refractivity (Wildman–Crippen MR) is 64.0 cm³/mol. The lowest BCUT2D eigenvalue weighted by Crippen LogP contribution is -2.32. The molecule has 0 bridgehead atoms. The lowest BCUT2D eigenvalue weighted by molar-refractivity contribution is 0.350. The molecule has 2 N–H and O–H groups in total. The molecule has 0 amide bonds. The zero-order valence-electron chi connectivity index (χ0n) is 9.44. The number of nitrogens with one attached hydrogen (secondary N) is 2. The van der Waals surface area contributed by atoms with Gasteiger partial charge in [0.1, 0.15) is 9.84 Å². The van der Waals surface area contributed by atoms with Crippen molar-refractivity contribution in [1.82, 2.24) is 10.3 Å². The molecule has 1 atom stereocenters. The van der Waals surface area contributed by atoms with E-state index in [2.05, 4.69) is 10.3 Å². The number of aromatic amines is 1. The van der Waals surface area contributed by atoms with Gasteiger partial charge in [0, 0.05) is 18.4 Å². The van der Waals surface area contributed by atoms with E-state index in [9.17, 15) is 8.42 Å². The van der Waals surface area contributed by atoms with Gasteiger partial charge in [-0.25, -0.2) is 8.42 Å². The first kappa shape index (κ1) is 11.7. The van der Waals surface area contributed by atoms with Gasteiger partial charge in [0.2, 0.25) is 0 Å². The van der Waals surface area contributed by atoms with Crippen LogP contribution in [0.15, 0.2) is 18.5 Å². The fourth-order valence-corrected chi connectivity index (χ4v) is 3.97. The number of hydrogen-bond acceptors (Lipinski definition) is 3. The summed E-state index contributed by atoms with van der Waals surface area (Å²) in [6.45, 7) is 0. The van der Waals surface area contributed by atoms with Crippen molar-refractivity contribution in [3.05, 3.63) is 24.0 Å². The van der Waals surface area contributed by atoms with Gasteiger partial charge >= 0.3 is 0 Å². The maximum absolute atomic E-state index is 11.4. The Labute approximate surface area is 96.4 Å². The fourth-order valence-electron chi connectivity index (χ4n) is 2.45. The Morgan fingerprint density at radius 1 is 1.44 bits per heavy atom. The minimum absolute atomic E-state index is 0.266. The zero-order chi connectivity index (χ0) is 11.6. The van der Waals surface area contributed by atoms with Crippen LogP contribution in [0.4, 0.5) is 0 Å². The average Bonchev–Trinajstić information content (AvgIpc) is 2.75. The Bertz CT molecular complexity index is 411. The Kier molecular flexibility index (Phi) is 3.35. The lowest BCUT2D eigenvalue weighted by atomic mass is 9.90. The van der Waals surface area contributed by atoms with Crippen molar-refractivity contribution in [3.8, 4) is 0 Å². The second-order valence-electron chi connectivity index (χ2n) is 4.40. The summed E-state index contributed by atoms with van der Waals surface area (Å²) >= 11 is 0. The standard InChI is InChI=1S/C11H18N2O2S/c1-12-11(10-2-5-13-8-10)9-3-6-16(14,15)7-4-9/h2,5,8-9,11-13H,3-4,6-7H2,1H3. The van der Waals surface area contributed by atoms with E-state index in [4.69, 9.17) is 0 Å². The summed E-state index contributed by atoms with van der Waals surface area (Å²) in [7, 11) is -0.830. The summed E-state index contributed by atoms with van der Waals surface area (Å²) in [5, 5.41) is 3.29. The van der Waals surface area contributed by atoms with Crippen LogP contribution in [0, 0.1) is 5.92 Å². The van der Waals surface area contributed by atoms with Crippen molar-refractivity contribution < 1.29 is 8.42 Å². The molecule has 1 unspecified atom stereocenters. The van der Waals surface area contributed by atoms with E-state index in [1.54, 1.807) is 0 Å². The molecule has 5 heteroatoms. The number of aromatic nitrogens is 1. The molecular weight excluding hydrogens is 224 g/mol. The molecule has 2 rings (SSSR count). The molecule has 1 aromatic heterocycles. The minimum Gasteiger partial charge on any atom is -0.367 e. The molecule has 1 fully saturated rings. The molecule has 0 aromatic carbocycles. The lowest BCUT2D eigenvalue weighted by Gasteiger charge is -2.29. The van der Waals surface area contributed by atoms with Gasteiger partial charge in [-0.1, -0.05) is 0 Å². The van der Waals surface area contributed by atoms with Gasteiger partial charge in [0.15, 0.2) is 0 Å². The maximum Gasteiger partial charge on any atom is 0.150 e. The summed E-state index contributed by atoms with van der Waals surface area (Å²) in [5.74, 6) is 1.09. The third-order valence-corrected chi connectivity index (χ3v) is 5.08. The molecule has 16 heavy (non-hydrogen) atoms. The van der Waals surface area contributed by atoms with Crippen LogP contribution >= 0.6 is 0 Å². The van der Waals surface area contributed by atoms with Crippen LogP contribution in [-0.2, 0) is 9.84 Å². The van der Waals surface area contributed by atoms with Crippen molar-refractivity contribution in [1.29, 1.82) is 0 Å². The quantitative estimate of drug-likeness (QED) is 0.834. The van der Waals surface area contributed by atoms with Crippen LogP contribution in [0.1, 0.15) is 24.4 Å². The van der Waals surface area contributed by atoms with Crippen LogP contribution in [-0.4, -0.2) is 32.0 Å². The predicted octanol–water partition coefficient (Wildman–Crippen LogP) is 1.10. The Morgan fingerprint density at radius 2 is 2.12 bits per heavy atom. The van der Waals surface area contributed by atoms with Crippen molar-refractivity contribution in [3.63, 3.8) is 0 Å². The van der Waals surface area contributed by atoms with E-state index in [0.717, 1.165) is 12.8 Å². The van der Waals surface area contributed by atoms with E-state index in [1.807, 2.05) is 25.5 Å². The van der Waals surface area contributed by atoms with E-state index in [-0.39, 0.29) is 6.04 Å². The molecule has 2 heterocycles. The molecule has 0 radical (unpaired) electrons. The molecule has 90 valence electrons. The van der Waals surface area contributed by atoms with E-state index in [1.165, 1.54) is 5.56 Å². The highest BCUT2D eigenvalue weighted by atomic mass is 32.2. The van der Waals surface area contributed by atoms with Crippen LogP contribution in [0.2, 0.25) is 0 Å². The molecule has 0 saturated carbocycles. The monoisotopic (exact) mass is 242 g/mol. The highest BCUT2D eigenvalue weighted by molar-refractivity contribution is 7.91. The van der Waals surface area contributed by atoms with Crippen LogP contribution in [0.3, 0.4) is 0 Å². The molecule has 0 spiro atoms. The molecule has 1 aliphatic rings. The Balaban J connectivity index is 2.07. The minimum atomic E-state index is -2.76. The molecule has 1 aliphatic heterocycles. The van der Waals surface area contributed by atoms with Crippen LogP contribution in [0.25, 0.3) is 0 Å². The highest BCUT2D eigenvalue weighted by Gasteiger charge is 2.29. The van der Waals surface area contributed by atoms with Crippen molar-refractivity contribution in [2.75, 3.05) is 18.6 Å². The molecule has 0 aliphatic carbocycles. The molecule has 1 saturated heterocycles. The van der Waals surface area contributed by atoms with Crippen molar-refractivity contribution in [2.45, 2.75) is 18.9 Å². The van der Waals surface area contributed by atoms with Crippen LogP contribution < -0.4 is 5.32 Å². The fraction of sp³-hybridized carbons (Fsp3) is 0.636. The molecule has 1 aromatic rings. The number of H-pyrrole nitrogens is 1. The van der Waals surface area contributed by atoms with E-state index in [0.29, 0.717) is 17.4 Å². The number of hydrogen-bond donors (Lipinski definition) is 2. The van der Waals surface area contributed by atoms with Crippen molar-refractivity contribution in [2.24, 2.45) is 5.92 Å². The van der Waals surface area contributed by atoms with Gasteiger partial charge < -0.3 is 10.3 Å². The third kappa shape index (κ3) is 2.47. The third-order valence-electron chi connectivity index (χ3n) is 3.36. The Hall–Kier alpha value is -0.810. The first-order chi connectivity index (χ1) is 7.62. The van der Waals surface area contributed by atoms with Gasteiger partial charge in [-0.3, -0.25) is 0 Å². The number of sulfone groups is 1. The second-order valence-corrected chi connectivity index (χ2v) is 6.70. The summed E-state index contributed by atoms with van der Waals surface area (Å²) in [4.78, 5) is 3.04. The topological polar surface area (TPSA) is 62.0 Å². The first-order valence-corrected chi connectivity index (χ1v) is 7.45. The van der Waals surface area contributed by atoms with Crippen molar-refractivity contribution >= 4 is 9.84 Å². The van der Waals surface area contributed by atoms with Gasteiger partial charge in [-0.2, -0.15) is 0 Å². The summed E-state index contributed by atoms with van der Waals surface area (Å²) in [6, 6.07) is 2.31. The van der Waals surface area contributed by atoms with Gasteiger partial charge in [0.05, 0.1) is 11.5 Å². The zero-order valence-corrected chi connectivity index (χ0v) is 10.3. The number of rotatable bonds is 3. The normalized spacial score (nSPS) is 23.1. The van der Waals surface area contributed by atoms with E-state index >= 15 is 0 Å². The van der Waals surface area contributed by atoms with Gasteiger partial charge in [0.25, 0.3) is 0 Å².